The monoisotopic (exact) mass is 1860 g/mol. The van der Waals surface area contributed by atoms with Crippen LogP contribution in [-0.4, -0.2) is 194 Å². The first kappa shape index (κ1) is 109. The number of carbonyl (C=O) groups is 1. The van der Waals surface area contributed by atoms with E-state index in [2.05, 4.69) is 13.8 Å². The van der Waals surface area contributed by atoms with Gasteiger partial charge in [0.1, 0.15) is 135 Å². The van der Waals surface area contributed by atoms with Gasteiger partial charge in [0, 0.05) is 89.2 Å². The molecule has 2 aliphatic heterocycles. The highest BCUT2D eigenvalue weighted by molar-refractivity contribution is 5.99. The maximum atomic E-state index is 11.2. The summed E-state index contributed by atoms with van der Waals surface area (Å²) in [6, 6.07) is 51.4. The number of carbonyl (C=O) groups excluding carboxylic acids is 1. The summed E-state index contributed by atoms with van der Waals surface area (Å²) in [5, 5.41) is 86.9. The molecule has 134 heavy (non-hydrogen) atoms. The summed E-state index contributed by atoms with van der Waals surface area (Å²) < 4.78 is 88.5. The molecule has 12 aromatic rings. The molecule has 9 N–H and O–H groups in total. The van der Waals surface area contributed by atoms with E-state index in [1.165, 1.54) is 43.9 Å². The van der Waals surface area contributed by atoms with E-state index in [-0.39, 0.29) is 89.8 Å². The minimum absolute atomic E-state index is 0.0400. The SMILES string of the molecule is CC1CCOc2cccc(O)c21.COCCOc1cccc(O)c1/C(C)=C\CO.COCCOc1cccc(O)c1C(C)CCO.COCCOc1cccc(O)c1C(C)CCO.COCCOc1cccc2c1C(C)CCO2.COCOc1cccc2oc(=O)cc(C)c12.COc1cccc(O)c1C(C)=O.COc1cccc2oc(=O)cc(C)c12.Cc1cc(=O)oc2cccc(O)c12. The number of aryl methyl sites for hydroxylation is 3. The molecule has 0 saturated carbocycles. The molecule has 4 atom stereocenters. The molecular weight excluding hydrogens is 1730 g/mol. The molecule has 0 saturated heterocycles. The molecule has 724 valence electrons. The van der Waals surface area contributed by atoms with E-state index in [4.69, 9.17) is 94.9 Å². The lowest BCUT2D eigenvalue weighted by molar-refractivity contribution is 0.0521. The Morgan fingerprint density at radius 2 is 0.739 bits per heavy atom. The smallest absolute Gasteiger partial charge is 0.336 e. The number of Topliss-reactive ketones (excluding diaryl/α,β-unsaturated/α-hetero) is 1. The number of benzene rings is 9. The molecule has 5 heterocycles. The molecule has 3 aromatic heterocycles. The van der Waals surface area contributed by atoms with Gasteiger partial charge in [-0.1, -0.05) is 88.4 Å². The van der Waals surface area contributed by atoms with Crippen molar-refractivity contribution in [3.8, 4) is 86.2 Å². The molecule has 0 amide bonds. The molecule has 0 radical (unpaired) electrons. The van der Waals surface area contributed by atoms with Gasteiger partial charge in [0.2, 0.25) is 0 Å². The standard InChI is InChI=1S/2C13H20O4.C13H18O4.C13H18O3.C12H12O4.C11H10O3.C10H8O3.C10H12O2.C9H10O3/c3*1-10(6-7-14)13-11(15)4-3-5-12(13)17-9-8-16-2;1-10-6-7-15-11-4-3-5-12(13(10)11)16-9-8-14-2;1-8-6-11(13)16-10-5-3-4-9(12(8)10)15-7-14-2;1-7-6-10(12)14-9-5-3-4-8(13-2)11(7)9;1-6-5-9(12)13-8-4-2-3-7(11)10(6)8;1-7-5-6-12-9-4-2-3-8(11)10(7)9;1-6(10)9-7(11)4-3-5-8(9)12-2/h2*3-5,10,14-15H,6-9H2,1-2H3;3-6,14-15H,7-9H2,1-2H3;3-5,10H,6-9H2,1-2H3;3-6H,7H2,1-2H3;3-6H,1-2H3;2-5,11H,1H3;2-4,7,11H,5-6H2,1H3;3-5,11H,1-2H3/b;;10-6-;;;;;;. The number of fused-ring (bicyclic) bond motifs is 5. The third-order valence-corrected chi connectivity index (χ3v) is 20.8. The minimum atomic E-state index is -0.393. The second-order valence-electron chi connectivity index (χ2n) is 30.5. The lowest BCUT2D eigenvalue weighted by Crippen LogP contribution is -2.14. The summed E-state index contributed by atoms with van der Waals surface area (Å²) in [6.07, 6.45) is 4.86. The number of phenolic OH excluding ortho intramolecular Hbond substituents is 6. The van der Waals surface area contributed by atoms with Gasteiger partial charge in [-0.3, -0.25) is 4.79 Å². The number of phenols is 6. The summed E-state index contributed by atoms with van der Waals surface area (Å²) in [7, 11) is 11.1. The number of aliphatic hydroxyl groups is 3. The summed E-state index contributed by atoms with van der Waals surface area (Å²) in [5.74, 6) is 8.26. The number of ether oxygens (including phenoxy) is 14. The lowest BCUT2D eigenvalue weighted by atomic mass is 9.94. The van der Waals surface area contributed by atoms with Gasteiger partial charge in [-0.2, -0.15) is 0 Å². The zero-order valence-corrected chi connectivity index (χ0v) is 79.0. The van der Waals surface area contributed by atoms with Crippen molar-refractivity contribution in [1.82, 2.24) is 0 Å². The van der Waals surface area contributed by atoms with Crippen molar-refractivity contribution in [3.63, 3.8) is 0 Å². The average molecular weight is 1860 g/mol. The van der Waals surface area contributed by atoms with Crippen molar-refractivity contribution in [2.75, 3.05) is 142 Å². The van der Waals surface area contributed by atoms with Crippen molar-refractivity contribution in [2.24, 2.45) is 0 Å². The van der Waals surface area contributed by atoms with Crippen molar-refractivity contribution < 1.29 is 130 Å². The number of aromatic hydroxyl groups is 6. The normalized spacial score (nSPS) is 13.0. The van der Waals surface area contributed by atoms with Crippen LogP contribution in [0.1, 0.15) is 146 Å². The van der Waals surface area contributed by atoms with Crippen LogP contribution in [-0.2, 0) is 23.7 Å². The molecule has 9 aromatic carbocycles. The van der Waals surface area contributed by atoms with Crippen molar-refractivity contribution in [2.45, 2.75) is 112 Å². The fourth-order valence-electron chi connectivity index (χ4n) is 14.2. The third-order valence-electron chi connectivity index (χ3n) is 20.8. The molecule has 30 heteroatoms. The number of rotatable bonds is 30. The van der Waals surface area contributed by atoms with Crippen LogP contribution in [0.5, 0.6) is 86.2 Å². The zero-order chi connectivity index (χ0) is 98.2. The van der Waals surface area contributed by atoms with E-state index < -0.39 is 5.63 Å². The predicted molar refractivity (Wildman–Crippen MR) is 513 cm³/mol. The van der Waals surface area contributed by atoms with Crippen LogP contribution in [0, 0.1) is 20.8 Å². The van der Waals surface area contributed by atoms with E-state index in [1.54, 1.807) is 159 Å². The van der Waals surface area contributed by atoms with Crippen LogP contribution >= 0.6 is 0 Å². The van der Waals surface area contributed by atoms with Gasteiger partial charge in [0.05, 0.1) is 82.2 Å². The fraction of sp³-hybridized carbons (Fsp3) is 0.365. The first-order chi connectivity index (χ1) is 64.5. The van der Waals surface area contributed by atoms with Gasteiger partial charge in [-0.25, -0.2) is 14.4 Å². The quantitative estimate of drug-likeness (QED) is 0.00873. The summed E-state index contributed by atoms with van der Waals surface area (Å²) in [5.41, 5.74) is 8.14. The highest BCUT2D eigenvalue weighted by Crippen LogP contribution is 2.43. The number of methoxy groups -OCH3 is 7. The Kier molecular flexibility index (Phi) is 47.8. The van der Waals surface area contributed by atoms with E-state index in [9.17, 15) is 49.8 Å². The Hall–Kier alpha value is -13.3. The number of ketones is 1. The first-order valence-corrected chi connectivity index (χ1v) is 43.5. The van der Waals surface area contributed by atoms with Gasteiger partial charge < -0.3 is 126 Å². The Bertz CT molecular complexity index is 5750. The number of hydrogen-bond donors (Lipinski definition) is 9. The number of hydrogen-bond acceptors (Lipinski definition) is 30. The fourth-order valence-corrected chi connectivity index (χ4v) is 14.2. The summed E-state index contributed by atoms with van der Waals surface area (Å²) in [6.45, 7) is 22.7. The Morgan fingerprint density at radius 3 is 1.18 bits per heavy atom. The van der Waals surface area contributed by atoms with Crippen LogP contribution in [0.4, 0.5) is 0 Å². The van der Waals surface area contributed by atoms with Gasteiger partial charge in [-0.15, -0.1) is 0 Å². The Morgan fingerprint density at radius 1 is 0.388 bits per heavy atom. The van der Waals surface area contributed by atoms with E-state index in [1.807, 2.05) is 89.2 Å². The largest absolute Gasteiger partial charge is 0.508 e. The van der Waals surface area contributed by atoms with Gasteiger partial charge in [0.25, 0.3) is 0 Å². The van der Waals surface area contributed by atoms with Crippen LogP contribution in [0.3, 0.4) is 0 Å². The second-order valence-corrected chi connectivity index (χ2v) is 30.5. The Labute approximate surface area is 780 Å². The summed E-state index contributed by atoms with van der Waals surface area (Å²) >= 11 is 0. The molecule has 14 rings (SSSR count). The van der Waals surface area contributed by atoms with Crippen LogP contribution in [0.15, 0.2) is 216 Å². The van der Waals surface area contributed by atoms with E-state index in [0.717, 1.165) is 98.8 Å². The number of aliphatic hydroxyl groups excluding tert-OH is 3. The molecule has 0 bridgehead atoms. The van der Waals surface area contributed by atoms with Gasteiger partial charge >= 0.3 is 16.9 Å². The molecule has 2 aliphatic rings. The molecular formula is C104H128O30. The third kappa shape index (κ3) is 33.5. The first-order valence-electron chi connectivity index (χ1n) is 43.5. The van der Waals surface area contributed by atoms with Crippen LogP contribution < -0.4 is 59.5 Å². The van der Waals surface area contributed by atoms with Crippen molar-refractivity contribution >= 4 is 44.3 Å². The maximum Gasteiger partial charge on any atom is 0.336 e. The highest BCUT2D eigenvalue weighted by Gasteiger charge is 2.25. The predicted octanol–water partition coefficient (Wildman–Crippen LogP) is 18.1. The highest BCUT2D eigenvalue weighted by atomic mass is 16.7. The molecule has 30 nitrogen and oxygen atoms in total. The van der Waals surface area contributed by atoms with Crippen molar-refractivity contribution in [1.29, 1.82) is 0 Å². The van der Waals surface area contributed by atoms with Crippen molar-refractivity contribution in [3.05, 3.63) is 269 Å². The lowest BCUT2D eigenvalue weighted by Gasteiger charge is -2.25. The molecule has 0 spiro atoms. The molecule has 4 unspecified atom stereocenters. The Balaban J connectivity index is 0.000000232. The maximum absolute atomic E-state index is 11.2. The van der Waals surface area contributed by atoms with Gasteiger partial charge in [0.15, 0.2) is 12.6 Å². The number of allylic oxidation sites excluding steroid dienone is 1. The molecule has 0 fully saturated rings. The minimum Gasteiger partial charge on any atom is -0.508 e. The average Bonchev–Trinajstić information content (AvgIpc) is 0.862. The van der Waals surface area contributed by atoms with Gasteiger partial charge in [-0.05, 0) is 215 Å². The van der Waals surface area contributed by atoms with E-state index >= 15 is 0 Å². The zero-order valence-electron chi connectivity index (χ0n) is 79.0. The second kappa shape index (κ2) is 58.6. The topological polar surface area (TPSA) is 419 Å². The van der Waals surface area contributed by atoms with E-state index in [0.29, 0.717) is 140 Å². The van der Waals surface area contributed by atoms with Crippen LogP contribution in [0.25, 0.3) is 38.5 Å². The summed E-state index contributed by atoms with van der Waals surface area (Å²) in [4.78, 5) is 44.3. The van der Waals surface area contributed by atoms with Crippen LogP contribution in [0.2, 0.25) is 0 Å². The molecule has 0 aliphatic carbocycles.